The molecular weight excluding hydrogens is 248 g/mol. The first kappa shape index (κ1) is 12.9. The highest BCUT2D eigenvalue weighted by molar-refractivity contribution is 7.71. The van der Waals surface area contributed by atoms with Crippen LogP contribution in [0.3, 0.4) is 0 Å². The number of ether oxygens (including phenoxy) is 1. The van der Waals surface area contributed by atoms with E-state index in [1.54, 1.807) is 18.0 Å². The first-order valence-corrected chi connectivity index (χ1v) is 6.11. The number of nitrogens with one attached hydrogen (secondary N) is 1. The number of H-pyrrole nitrogens is 1. The molecule has 0 saturated carbocycles. The number of hydrogen-bond donors (Lipinski definition) is 1. The number of hydrogen-bond acceptors (Lipinski definition) is 4. The molecule has 96 valence electrons. The van der Waals surface area contributed by atoms with Gasteiger partial charge >= 0.3 is 0 Å². The standard InChI is InChI=1S/C12H16N4OS/c1-8(17-3)4-11-14-10(5-12(18)15-11)9-6-13-16(2)7-9/h5-8H,4H2,1-3H3,(H,14,15,18). The Morgan fingerprint density at radius 1 is 1.56 bits per heavy atom. The molecule has 0 aliphatic heterocycles. The van der Waals surface area contributed by atoms with Gasteiger partial charge in [0.1, 0.15) is 10.5 Å². The van der Waals surface area contributed by atoms with Crippen molar-refractivity contribution in [3.63, 3.8) is 0 Å². The van der Waals surface area contributed by atoms with Gasteiger partial charge in [-0.2, -0.15) is 5.10 Å². The Morgan fingerprint density at radius 2 is 2.33 bits per heavy atom. The fraction of sp³-hybridized carbons (Fsp3) is 0.417. The molecule has 2 rings (SSSR count). The highest BCUT2D eigenvalue weighted by Gasteiger charge is 2.07. The van der Waals surface area contributed by atoms with Gasteiger partial charge in [-0.1, -0.05) is 12.2 Å². The van der Waals surface area contributed by atoms with Gasteiger partial charge in [0.05, 0.1) is 18.0 Å². The molecule has 1 unspecified atom stereocenters. The van der Waals surface area contributed by atoms with Crippen LogP contribution in [-0.2, 0) is 18.2 Å². The van der Waals surface area contributed by atoms with Crippen LogP contribution < -0.4 is 0 Å². The lowest BCUT2D eigenvalue weighted by molar-refractivity contribution is 0.117. The van der Waals surface area contributed by atoms with E-state index in [1.165, 1.54) is 0 Å². The van der Waals surface area contributed by atoms with Crippen molar-refractivity contribution in [3.8, 4) is 11.3 Å². The first-order chi connectivity index (χ1) is 8.58. The molecule has 1 atom stereocenters. The average molecular weight is 264 g/mol. The fourth-order valence-corrected chi connectivity index (χ4v) is 1.90. The van der Waals surface area contributed by atoms with E-state index < -0.39 is 0 Å². The van der Waals surface area contributed by atoms with E-state index in [-0.39, 0.29) is 6.10 Å². The van der Waals surface area contributed by atoms with E-state index in [1.807, 2.05) is 26.2 Å². The molecule has 0 aromatic carbocycles. The molecule has 2 heterocycles. The zero-order valence-corrected chi connectivity index (χ0v) is 11.5. The minimum absolute atomic E-state index is 0.104. The summed E-state index contributed by atoms with van der Waals surface area (Å²) in [7, 11) is 3.57. The minimum atomic E-state index is 0.104. The summed E-state index contributed by atoms with van der Waals surface area (Å²) in [5, 5.41) is 4.15. The van der Waals surface area contributed by atoms with Gasteiger partial charge in [-0.3, -0.25) is 4.68 Å². The molecule has 5 nitrogen and oxygen atoms in total. The molecule has 0 aliphatic carbocycles. The van der Waals surface area contributed by atoms with E-state index >= 15 is 0 Å². The van der Waals surface area contributed by atoms with Crippen LogP contribution in [0.2, 0.25) is 0 Å². The maximum atomic E-state index is 5.23. The van der Waals surface area contributed by atoms with Crippen LogP contribution >= 0.6 is 12.2 Å². The van der Waals surface area contributed by atoms with Crippen molar-refractivity contribution in [2.24, 2.45) is 7.05 Å². The largest absolute Gasteiger partial charge is 0.381 e. The molecule has 0 spiro atoms. The van der Waals surface area contributed by atoms with Gasteiger partial charge in [-0.15, -0.1) is 0 Å². The quantitative estimate of drug-likeness (QED) is 0.859. The van der Waals surface area contributed by atoms with E-state index in [4.69, 9.17) is 17.0 Å². The number of rotatable bonds is 4. The van der Waals surface area contributed by atoms with E-state index in [0.717, 1.165) is 17.1 Å². The highest BCUT2D eigenvalue weighted by Crippen LogP contribution is 2.16. The average Bonchev–Trinajstić information content (AvgIpc) is 2.75. The van der Waals surface area contributed by atoms with Crippen molar-refractivity contribution in [3.05, 3.63) is 28.9 Å². The molecule has 6 heteroatoms. The van der Waals surface area contributed by atoms with Crippen molar-refractivity contribution in [2.75, 3.05) is 7.11 Å². The Balaban J connectivity index is 2.35. The van der Waals surface area contributed by atoms with Gasteiger partial charge in [0, 0.05) is 32.3 Å². The molecule has 0 radical (unpaired) electrons. The van der Waals surface area contributed by atoms with Gasteiger partial charge in [0.15, 0.2) is 0 Å². The van der Waals surface area contributed by atoms with Crippen LogP contribution in [-0.4, -0.2) is 33.0 Å². The van der Waals surface area contributed by atoms with Gasteiger partial charge in [-0.25, -0.2) is 4.98 Å². The number of aryl methyl sites for hydroxylation is 1. The van der Waals surface area contributed by atoms with Crippen molar-refractivity contribution < 1.29 is 4.74 Å². The Bertz CT molecular complexity index is 590. The first-order valence-electron chi connectivity index (χ1n) is 5.70. The van der Waals surface area contributed by atoms with Crippen molar-refractivity contribution in [1.29, 1.82) is 0 Å². The summed E-state index contributed by atoms with van der Waals surface area (Å²) in [4.78, 5) is 7.58. The Morgan fingerprint density at radius 3 is 2.94 bits per heavy atom. The summed E-state index contributed by atoms with van der Waals surface area (Å²) >= 11 is 5.18. The molecule has 2 aromatic rings. The number of aromatic amines is 1. The van der Waals surface area contributed by atoms with Crippen LogP contribution in [0.15, 0.2) is 18.5 Å². The summed E-state index contributed by atoms with van der Waals surface area (Å²) in [6.45, 7) is 2.00. The normalized spacial score (nSPS) is 12.6. The molecule has 0 aliphatic rings. The zero-order valence-electron chi connectivity index (χ0n) is 10.7. The fourth-order valence-electron chi connectivity index (χ4n) is 1.68. The van der Waals surface area contributed by atoms with Gasteiger partial charge in [0.2, 0.25) is 0 Å². The third-order valence-corrected chi connectivity index (χ3v) is 2.90. The minimum Gasteiger partial charge on any atom is -0.381 e. The molecule has 0 amide bonds. The Hall–Kier alpha value is -1.53. The molecule has 0 bridgehead atoms. The molecule has 2 aromatic heterocycles. The maximum Gasteiger partial charge on any atom is 0.130 e. The second-order valence-electron chi connectivity index (χ2n) is 4.23. The van der Waals surface area contributed by atoms with Crippen LogP contribution in [0.4, 0.5) is 0 Å². The third-order valence-electron chi connectivity index (χ3n) is 2.69. The van der Waals surface area contributed by atoms with Crippen LogP contribution in [0.1, 0.15) is 12.7 Å². The monoisotopic (exact) mass is 264 g/mol. The van der Waals surface area contributed by atoms with Gasteiger partial charge in [-0.05, 0) is 13.0 Å². The summed E-state index contributed by atoms with van der Waals surface area (Å²) in [6.07, 6.45) is 4.54. The lowest BCUT2D eigenvalue weighted by Crippen LogP contribution is -2.11. The second-order valence-corrected chi connectivity index (χ2v) is 4.65. The molecular formula is C12H16N4OS. The Kier molecular flexibility index (Phi) is 3.88. The molecule has 18 heavy (non-hydrogen) atoms. The van der Waals surface area contributed by atoms with E-state index in [9.17, 15) is 0 Å². The summed E-state index contributed by atoms with van der Waals surface area (Å²) < 4.78 is 7.56. The van der Waals surface area contributed by atoms with E-state index in [2.05, 4.69) is 15.1 Å². The van der Waals surface area contributed by atoms with Gasteiger partial charge < -0.3 is 9.72 Å². The van der Waals surface area contributed by atoms with Crippen molar-refractivity contribution >= 4 is 12.2 Å². The van der Waals surface area contributed by atoms with Crippen LogP contribution in [0, 0.1) is 4.64 Å². The van der Waals surface area contributed by atoms with Crippen molar-refractivity contribution in [1.82, 2.24) is 19.7 Å². The lowest BCUT2D eigenvalue weighted by Gasteiger charge is -2.09. The maximum absolute atomic E-state index is 5.23. The summed E-state index contributed by atoms with van der Waals surface area (Å²) in [5.41, 5.74) is 1.93. The lowest BCUT2D eigenvalue weighted by atomic mass is 10.2. The van der Waals surface area contributed by atoms with Gasteiger partial charge in [0.25, 0.3) is 0 Å². The predicted octanol–water partition coefficient (Wildman–Crippen LogP) is 2.12. The predicted molar refractivity (Wildman–Crippen MR) is 71.8 cm³/mol. The number of methoxy groups -OCH3 is 1. The second kappa shape index (κ2) is 5.41. The molecule has 0 fully saturated rings. The summed E-state index contributed by atoms with van der Waals surface area (Å²) in [6, 6.07) is 1.84. The third kappa shape index (κ3) is 3.02. The van der Waals surface area contributed by atoms with Crippen LogP contribution in [0.5, 0.6) is 0 Å². The summed E-state index contributed by atoms with van der Waals surface area (Å²) in [5.74, 6) is 0.829. The van der Waals surface area contributed by atoms with Crippen LogP contribution in [0.25, 0.3) is 11.3 Å². The smallest absolute Gasteiger partial charge is 0.130 e. The van der Waals surface area contributed by atoms with Crippen molar-refractivity contribution in [2.45, 2.75) is 19.4 Å². The number of aromatic nitrogens is 4. The molecule has 1 N–H and O–H groups in total. The zero-order chi connectivity index (χ0) is 13.1. The topological polar surface area (TPSA) is 55.7 Å². The number of nitrogens with zero attached hydrogens (tertiary/aromatic N) is 3. The molecule has 0 saturated heterocycles. The van der Waals surface area contributed by atoms with E-state index in [0.29, 0.717) is 11.1 Å². The SMILES string of the molecule is COC(C)Cc1nc(=S)cc(-c2cnn(C)c2)[nH]1. The highest BCUT2D eigenvalue weighted by atomic mass is 32.1. The Labute approximate surface area is 111 Å².